The summed E-state index contributed by atoms with van der Waals surface area (Å²) in [6.45, 7) is 4.86. The molecule has 2 unspecified atom stereocenters. The van der Waals surface area contributed by atoms with Crippen LogP contribution in [0.25, 0.3) is 0 Å². The highest BCUT2D eigenvalue weighted by molar-refractivity contribution is 5.12. The van der Waals surface area contributed by atoms with Crippen molar-refractivity contribution in [1.29, 1.82) is 0 Å². The van der Waals surface area contributed by atoms with Gasteiger partial charge in [-0.25, -0.2) is 0 Å². The van der Waals surface area contributed by atoms with E-state index in [-0.39, 0.29) is 0 Å². The van der Waals surface area contributed by atoms with Crippen LogP contribution in [-0.2, 0) is 9.47 Å². The minimum Gasteiger partial charge on any atom is -0.381 e. The van der Waals surface area contributed by atoms with Gasteiger partial charge in [-0.3, -0.25) is 0 Å². The van der Waals surface area contributed by atoms with Crippen molar-refractivity contribution >= 4 is 0 Å². The SMILES string of the molecule is CCOC1CC(NC2CCOCC2)C12CCC2. The molecule has 3 nitrogen and oxygen atoms in total. The van der Waals surface area contributed by atoms with Crippen LogP contribution < -0.4 is 5.32 Å². The molecule has 3 aliphatic rings. The molecule has 0 aromatic heterocycles. The predicted molar refractivity (Wildman–Crippen MR) is 67.1 cm³/mol. The van der Waals surface area contributed by atoms with Crippen LogP contribution in [0.4, 0.5) is 0 Å². The first-order valence-electron chi connectivity index (χ1n) is 7.30. The Morgan fingerprint density at radius 3 is 2.65 bits per heavy atom. The zero-order valence-corrected chi connectivity index (χ0v) is 10.9. The van der Waals surface area contributed by atoms with Gasteiger partial charge in [0.05, 0.1) is 6.10 Å². The molecule has 3 fully saturated rings. The largest absolute Gasteiger partial charge is 0.381 e. The lowest BCUT2D eigenvalue weighted by Gasteiger charge is -2.62. The van der Waals surface area contributed by atoms with Gasteiger partial charge in [0.15, 0.2) is 0 Å². The van der Waals surface area contributed by atoms with E-state index in [1.165, 1.54) is 38.5 Å². The van der Waals surface area contributed by atoms with Gasteiger partial charge in [0.2, 0.25) is 0 Å². The smallest absolute Gasteiger partial charge is 0.0661 e. The van der Waals surface area contributed by atoms with Crippen molar-refractivity contribution in [2.75, 3.05) is 19.8 Å². The van der Waals surface area contributed by atoms with Gasteiger partial charge in [0, 0.05) is 37.3 Å². The molecular formula is C14H25NO2. The fourth-order valence-electron chi connectivity index (χ4n) is 3.82. The summed E-state index contributed by atoms with van der Waals surface area (Å²) in [5.74, 6) is 0. The van der Waals surface area contributed by atoms with Crippen LogP contribution in [0, 0.1) is 5.41 Å². The van der Waals surface area contributed by atoms with Gasteiger partial charge in [0.1, 0.15) is 0 Å². The van der Waals surface area contributed by atoms with Crippen molar-refractivity contribution in [2.24, 2.45) is 5.41 Å². The second kappa shape index (κ2) is 4.87. The van der Waals surface area contributed by atoms with Crippen LogP contribution >= 0.6 is 0 Å². The standard InChI is InChI=1S/C14H25NO2/c1-2-17-13-10-12(14(13)6-3-7-14)15-11-4-8-16-9-5-11/h11-13,15H,2-10H2,1H3. The molecule has 0 aromatic carbocycles. The van der Waals surface area contributed by atoms with Gasteiger partial charge < -0.3 is 14.8 Å². The summed E-state index contributed by atoms with van der Waals surface area (Å²) in [5, 5.41) is 3.88. The van der Waals surface area contributed by atoms with Crippen LogP contribution in [0.1, 0.15) is 45.4 Å². The number of hydrogen-bond donors (Lipinski definition) is 1. The van der Waals surface area contributed by atoms with E-state index in [4.69, 9.17) is 9.47 Å². The fourth-order valence-corrected chi connectivity index (χ4v) is 3.82. The molecule has 1 saturated heterocycles. The third-order valence-corrected chi connectivity index (χ3v) is 5.10. The van der Waals surface area contributed by atoms with E-state index in [1.54, 1.807) is 0 Å². The molecule has 3 rings (SSSR count). The lowest BCUT2D eigenvalue weighted by Crippen LogP contribution is -2.68. The van der Waals surface area contributed by atoms with Crippen LogP contribution in [0.2, 0.25) is 0 Å². The lowest BCUT2D eigenvalue weighted by molar-refractivity contribution is -0.176. The average Bonchev–Trinajstić information content (AvgIpc) is 2.27. The highest BCUT2D eigenvalue weighted by Crippen LogP contribution is 2.57. The molecule has 17 heavy (non-hydrogen) atoms. The Morgan fingerprint density at radius 2 is 2.06 bits per heavy atom. The minimum atomic E-state index is 0.508. The highest BCUT2D eigenvalue weighted by atomic mass is 16.5. The Morgan fingerprint density at radius 1 is 1.29 bits per heavy atom. The second-order valence-corrected chi connectivity index (χ2v) is 5.87. The zero-order chi connectivity index (χ0) is 11.7. The maximum Gasteiger partial charge on any atom is 0.0661 e. The van der Waals surface area contributed by atoms with Gasteiger partial charge in [0.25, 0.3) is 0 Å². The third kappa shape index (κ3) is 2.02. The first-order valence-corrected chi connectivity index (χ1v) is 7.30. The topological polar surface area (TPSA) is 30.5 Å². The predicted octanol–water partition coefficient (Wildman–Crippen LogP) is 2.10. The van der Waals surface area contributed by atoms with Crippen molar-refractivity contribution in [3.63, 3.8) is 0 Å². The van der Waals surface area contributed by atoms with Crippen LogP contribution in [0.15, 0.2) is 0 Å². The second-order valence-electron chi connectivity index (χ2n) is 5.87. The van der Waals surface area contributed by atoms with Gasteiger partial charge in [-0.15, -0.1) is 0 Å². The van der Waals surface area contributed by atoms with E-state index < -0.39 is 0 Å². The number of ether oxygens (including phenoxy) is 2. The minimum absolute atomic E-state index is 0.508. The van der Waals surface area contributed by atoms with Crippen molar-refractivity contribution in [3.05, 3.63) is 0 Å². The summed E-state index contributed by atoms with van der Waals surface area (Å²) in [6.07, 6.45) is 8.29. The van der Waals surface area contributed by atoms with E-state index in [2.05, 4.69) is 12.2 Å². The van der Waals surface area contributed by atoms with E-state index in [1.807, 2.05) is 0 Å². The Kier molecular flexibility index (Phi) is 3.42. The molecule has 1 N–H and O–H groups in total. The maximum atomic E-state index is 5.89. The van der Waals surface area contributed by atoms with Crippen molar-refractivity contribution in [3.8, 4) is 0 Å². The summed E-state index contributed by atoms with van der Waals surface area (Å²) in [7, 11) is 0. The summed E-state index contributed by atoms with van der Waals surface area (Å²) in [4.78, 5) is 0. The Labute approximate surface area is 104 Å². The number of nitrogens with one attached hydrogen (secondary N) is 1. The average molecular weight is 239 g/mol. The maximum absolute atomic E-state index is 5.89. The van der Waals surface area contributed by atoms with Crippen LogP contribution in [-0.4, -0.2) is 38.0 Å². The lowest BCUT2D eigenvalue weighted by atomic mass is 9.51. The molecule has 0 aromatic rings. The summed E-state index contributed by atoms with van der Waals surface area (Å²) in [6, 6.07) is 1.41. The van der Waals surface area contributed by atoms with E-state index in [0.29, 0.717) is 17.6 Å². The quantitative estimate of drug-likeness (QED) is 0.815. The molecule has 1 spiro atoms. The van der Waals surface area contributed by atoms with E-state index >= 15 is 0 Å². The Hall–Kier alpha value is -0.120. The molecule has 2 atom stereocenters. The van der Waals surface area contributed by atoms with Gasteiger partial charge in [-0.1, -0.05) is 6.42 Å². The van der Waals surface area contributed by atoms with Gasteiger partial charge in [-0.05, 0) is 39.0 Å². The monoisotopic (exact) mass is 239 g/mol. The Balaban J connectivity index is 1.54. The molecule has 2 aliphatic carbocycles. The molecule has 0 amide bonds. The van der Waals surface area contributed by atoms with E-state index in [0.717, 1.165) is 25.9 Å². The van der Waals surface area contributed by atoms with Gasteiger partial charge in [-0.2, -0.15) is 0 Å². The molecule has 0 bridgehead atoms. The van der Waals surface area contributed by atoms with Crippen molar-refractivity contribution in [1.82, 2.24) is 5.32 Å². The Bertz CT molecular complexity index is 259. The molecule has 2 saturated carbocycles. The molecule has 1 heterocycles. The first-order chi connectivity index (χ1) is 8.35. The van der Waals surface area contributed by atoms with E-state index in [9.17, 15) is 0 Å². The summed E-state index contributed by atoms with van der Waals surface area (Å²) in [5.41, 5.74) is 0.508. The van der Waals surface area contributed by atoms with Crippen LogP contribution in [0.3, 0.4) is 0 Å². The normalized spacial score (nSPS) is 36.5. The van der Waals surface area contributed by atoms with Crippen molar-refractivity contribution < 1.29 is 9.47 Å². The zero-order valence-electron chi connectivity index (χ0n) is 10.9. The van der Waals surface area contributed by atoms with Crippen LogP contribution in [0.5, 0.6) is 0 Å². The molecule has 0 radical (unpaired) electrons. The molecular weight excluding hydrogens is 214 g/mol. The number of hydrogen-bond acceptors (Lipinski definition) is 3. The van der Waals surface area contributed by atoms with Gasteiger partial charge >= 0.3 is 0 Å². The van der Waals surface area contributed by atoms with Crippen molar-refractivity contribution in [2.45, 2.75) is 63.6 Å². The molecule has 98 valence electrons. The first kappa shape index (κ1) is 11.9. The fraction of sp³-hybridized carbons (Fsp3) is 1.00. The third-order valence-electron chi connectivity index (χ3n) is 5.10. The number of rotatable bonds is 4. The molecule has 1 aliphatic heterocycles. The summed E-state index contributed by atoms with van der Waals surface area (Å²) < 4.78 is 11.3. The molecule has 3 heteroatoms. The summed E-state index contributed by atoms with van der Waals surface area (Å²) >= 11 is 0. The highest BCUT2D eigenvalue weighted by Gasteiger charge is 2.58.